The molecule has 0 radical (unpaired) electrons. The molecule has 1 heterocycles. The fourth-order valence-corrected chi connectivity index (χ4v) is 2.03. The second-order valence-electron chi connectivity index (χ2n) is 4.52. The Hall–Kier alpha value is -3.06. The molecule has 0 atom stereocenters. The topological polar surface area (TPSA) is 85.1 Å². The molecule has 7 nitrogen and oxygen atoms in total. The zero-order valence-electron chi connectivity index (χ0n) is 11.8. The maximum absolute atomic E-state index is 12.0. The van der Waals surface area contributed by atoms with Crippen molar-refractivity contribution >= 4 is 23.7 Å². The SMILES string of the molecule is O=C(N/N=C/c1ccccc1Cl)c1ccc(-n2cnnn2)cc1. The Labute approximate surface area is 136 Å². The van der Waals surface area contributed by atoms with Gasteiger partial charge in [0.1, 0.15) is 6.33 Å². The molecule has 2 aromatic carbocycles. The molecule has 8 heteroatoms. The maximum atomic E-state index is 12.0. The molecule has 0 bridgehead atoms. The highest BCUT2D eigenvalue weighted by atomic mass is 35.5. The minimum Gasteiger partial charge on any atom is -0.267 e. The van der Waals surface area contributed by atoms with Crippen LogP contribution in [0.1, 0.15) is 15.9 Å². The lowest BCUT2D eigenvalue weighted by Gasteiger charge is -2.02. The molecule has 3 rings (SSSR count). The molecule has 0 aliphatic carbocycles. The highest BCUT2D eigenvalue weighted by Gasteiger charge is 2.05. The predicted molar refractivity (Wildman–Crippen MR) is 85.7 cm³/mol. The van der Waals surface area contributed by atoms with Crippen LogP contribution in [-0.4, -0.2) is 32.3 Å². The average Bonchev–Trinajstić information content (AvgIpc) is 3.11. The molecular formula is C15H11ClN6O. The van der Waals surface area contributed by atoms with Crippen LogP contribution in [0.5, 0.6) is 0 Å². The van der Waals surface area contributed by atoms with E-state index in [1.54, 1.807) is 36.4 Å². The number of nitrogens with one attached hydrogen (secondary N) is 1. The van der Waals surface area contributed by atoms with Crippen molar-refractivity contribution in [1.82, 2.24) is 25.6 Å². The Bertz CT molecular complexity index is 829. The summed E-state index contributed by atoms with van der Waals surface area (Å²) >= 11 is 6.00. The van der Waals surface area contributed by atoms with E-state index in [0.717, 1.165) is 11.3 Å². The fraction of sp³-hybridized carbons (Fsp3) is 0. The van der Waals surface area contributed by atoms with E-state index in [1.807, 2.05) is 12.1 Å². The summed E-state index contributed by atoms with van der Waals surface area (Å²) in [6.07, 6.45) is 2.97. The van der Waals surface area contributed by atoms with Gasteiger partial charge in [0.05, 0.1) is 11.9 Å². The van der Waals surface area contributed by atoms with Gasteiger partial charge in [0.25, 0.3) is 5.91 Å². The number of rotatable bonds is 4. The number of carbonyl (C=O) groups excluding carboxylic acids is 1. The van der Waals surface area contributed by atoms with E-state index in [-0.39, 0.29) is 5.91 Å². The first kappa shape index (κ1) is 14.9. The highest BCUT2D eigenvalue weighted by Crippen LogP contribution is 2.12. The number of hydrazone groups is 1. The van der Waals surface area contributed by atoms with Crippen LogP contribution in [0.4, 0.5) is 0 Å². The van der Waals surface area contributed by atoms with E-state index < -0.39 is 0 Å². The first-order chi connectivity index (χ1) is 11.2. The van der Waals surface area contributed by atoms with Gasteiger partial charge in [-0.3, -0.25) is 4.79 Å². The molecule has 0 saturated carbocycles. The number of carbonyl (C=O) groups is 1. The minimum atomic E-state index is -0.323. The van der Waals surface area contributed by atoms with Gasteiger partial charge in [-0.1, -0.05) is 29.8 Å². The molecular weight excluding hydrogens is 316 g/mol. The van der Waals surface area contributed by atoms with Gasteiger partial charge in [-0.15, -0.1) is 5.10 Å². The average molecular weight is 327 g/mol. The second kappa shape index (κ2) is 6.80. The van der Waals surface area contributed by atoms with Crippen LogP contribution in [-0.2, 0) is 0 Å². The number of tetrazole rings is 1. The number of halogens is 1. The Balaban J connectivity index is 1.66. The van der Waals surface area contributed by atoms with E-state index >= 15 is 0 Å². The van der Waals surface area contributed by atoms with Gasteiger partial charge >= 0.3 is 0 Å². The lowest BCUT2D eigenvalue weighted by atomic mass is 10.2. The molecule has 0 unspecified atom stereocenters. The fourth-order valence-electron chi connectivity index (χ4n) is 1.85. The number of nitrogens with zero attached hydrogens (tertiary/aromatic N) is 5. The summed E-state index contributed by atoms with van der Waals surface area (Å²) in [5, 5.41) is 15.4. The first-order valence-corrected chi connectivity index (χ1v) is 7.03. The third-order valence-corrected chi connectivity index (χ3v) is 3.36. The van der Waals surface area contributed by atoms with Crippen molar-refractivity contribution in [3.05, 3.63) is 71.0 Å². The maximum Gasteiger partial charge on any atom is 0.271 e. The number of amides is 1. The van der Waals surface area contributed by atoms with Gasteiger partial charge in [0, 0.05) is 16.1 Å². The smallest absolute Gasteiger partial charge is 0.267 e. The second-order valence-corrected chi connectivity index (χ2v) is 4.93. The van der Waals surface area contributed by atoms with Crippen LogP contribution >= 0.6 is 11.6 Å². The van der Waals surface area contributed by atoms with Gasteiger partial charge in [0.2, 0.25) is 0 Å². The van der Waals surface area contributed by atoms with Gasteiger partial charge in [0.15, 0.2) is 0 Å². The summed E-state index contributed by atoms with van der Waals surface area (Å²) in [6.45, 7) is 0. The van der Waals surface area contributed by atoms with E-state index in [9.17, 15) is 4.79 Å². The zero-order valence-corrected chi connectivity index (χ0v) is 12.6. The van der Waals surface area contributed by atoms with Crippen molar-refractivity contribution in [3.8, 4) is 5.69 Å². The minimum absolute atomic E-state index is 0.323. The Morgan fingerprint density at radius 1 is 1.17 bits per heavy atom. The van der Waals surface area contributed by atoms with Crippen LogP contribution in [0, 0.1) is 0 Å². The van der Waals surface area contributed by atoms with Crippen LogP contribution in [0.25, 0.3) is 5.69 Å². The van der Waals surface area contributed by atoms with Crippen LogP contribution in [0.3, 0.4) is 0 Å². The molecule has 0 aliphatic rings. The lowest BCUT2D eigenvalue weighted by Crippen LogP contribution is -2.17. The van der Waals surface area contributed by atoms with E-state index in [1.165, 1.54) is 17.2 Å². The molecule has 0 saturated heterocycles. The van der Waals surface area contributed by atoms with E-state index in [0.29, 0.717) is 10.6 Å². The van der Waals surface area contributed by atoms with Crippen molar-refractivity contribution < 1.29 is 4.79 Å². The van der Waals surface area contributed by atoms with Crippen molar-refractivity contribution in [3.63, 3.8) is 0 Å². The number of hydrogen-bond acceptors (Lipinski definition) is 5. The normalized spacial score (nSPS) is 10.8. The van der Waals surface area contributed by atoms with Crippen LogP contribution < -0.4 is 5.43 Å². The van der Waals surface area contributed by atoms with Gasteiger partial charge in [-0.05, 0) is 40.8 Å². The third-order valence-electron chi connectivity index (χ3n) is 3.02. The zero-order chi connectivity index (χ0) is 16.1. The number of aromatic nitrogens is 4. The van der Waals surface area contributed by atoms with Crippen molar-refractivity contribution in [2.75, 3.05) is 0 Å². The standard InChI is InChI=1S/C15H11ClN6O/c16-14-4-2-1-3-12(14)9-17-19-15(23)11-5-7-13(8-6-11)22-10-18-20-21-22/h1-10H,(H,19,23)/b17-9+. The molecule has 0 spiro atoms. The van der Waals surface area contributed by atoms with Gasteiger partial charge < -0.3 is 0 Å². The first-order valence-electron chi connectivity index (χ1n) is 6.65. The van der Waals surface area contributed by atoms with Crippen LogP contribution in [0.15, 0.2) is 60.0 Å². The molecule has 1 amide bonds. The third kappa shape index (κ3) is 3.58. The van der Waals surface area contributed by atoms with Crippen molar-refractivity contribution in [2.45, 2.75) is 0 Å². The molecule has 23 heavy (non-hydrogen) atoms. The van der Waals surface area contributed by atoms with Gasteiger partial charge in [-0.25, -0.2) is 10.1 Å². The lowest BCUT2D eigenvalue weighted by molar-refractivity contribution is 0.0955. The highest BCUT2D eigenvalue weighted by molar-refractivity contribution is 6.33. The molecule has 114 valence electrons. The summed E-state index contributed by atoms with van der Waals surface area (Å²) in [4.78, 5) is 12.0. The van der Waals surface area contributed by atoms with Crippen LogP contribution in [0.2, 0.25) is 5.02 Å². The quantitative estimate of drug-likeness (QED) is 0.587. The molecule has 0 fully saturated rings. The molecule has 1 aromatic heterocycles. The number of benzene rings is 2. The number of hydrogen-bond donors (Lipinski definition) is 1. The Morgan fingerprint density at radius 3 is 2.65 bits per heavy atom. The summed E-state index contributed by atoms with van der Waals surface area (Å²) in [5.41, 5.74) is 4.41. The van der Waals surface area contributed by atoms with Gasteiger partial charge in [-0.2, -0.15) is 5.10 Å². The Morgan fingerprint density at radius 2 is 1.96 bits per heavy atom. The van der Waals surface area contributed by atoms with E-state index in [4.69, 9.17) is 11.6 Å². The molecule has 1 N–H and O–H groups in total. The predicted octanol–water partition coefficient (Wildman–Crippen LogP) is 2.08. The largest absolute Gasteiger partial charge is 0.271 e. The van der Waals surface area contributed by atoms with Crippen molar-refractivity contribution in [2.24, 2.45) is 5.10 Å². The Kier molecular flexibility index (Phi) is 4.39. The summed E-state index contributed by atoms with van der Waals surface area (Å²) < 4.78 is 1.50. The molecule has 0 aliphatic heterocycles. The summed E-state index contributed by atoms with van der Waals surface area (Å²) in [7, 11) is 0. The van der Waals surface area contributed by atoms with Crippen molar-refractivity contribution in [1.29, 1.82) is 0 Å². The summed E-state index contributed by atoms with van der Waals surface area (Å²) in [6, 6.07) is 14.0. The van der Waals surface area contributed by atoms with E-state index in [2.05, 4.69) is 26.1 Å². The monoisotopic (exact) mass is 326 g/mol. The summed E-state index contributed by atoms with van der Waals surface area (Å²) in [5.74, 6) is -0.323. The molecule has 3 aromatic rings.